The van der Waals surface area contributed by atoms with Gasteiger partial charge in [-0.25, -0.2) is 0 Å². The van der Waals surface area contributed by atoms with Crippen LogP contribution < -0.4 is 0 Å². The Morgan fingerprint density at radius 2 is 1.65 bits per heavy atom. The van der Waals surface area contributed by atoms with Crippen LogP contribution in [0, 0.1) is 6.92 Å². The molecule has 0 aliphatic rings. The minimum atomic E-state index is -0.276. The number of unbranched alkanes of at least 4 members (excludes halogenated alkanes) is 5. The molecule has 0 amide bonds. The van der Waals surface area contributed by atoms with E-state index in [9.17, 15) is 5.11 Å². The van der Waals surface area contributed by atoms with Crippen molar-refractivity contribution in [3.63, 3.8) is 0 Å². The van der Waals surface area contributed by atoms with Crippen LogP contribution in [0.3, 0.4) is 0 Å². The molecule has 0 aliphatic carbocycles. The average Bonchev–Trinajstić information content (AvgIpc) is 2.34. The summed E-state index contributed by atoms with van der Waals surface area (Å²) in [4.78, 5) is 0. The summed E-state index contributed by atoms with van der Waals surface area (Å²) in [7, 11) is 0. The first kappa shape index (κ1) is 14.2. The van der Waals surface area contributed by atoms with E-state index in [-0.39, 0.29) is 6.10 Å². The standard InChI is InChI=1S/C16H26O/c1-3-4-5-6-7-8-13-16(17)15-12-10-9-11-14(15)2/h9-12,16-17H,3-8,13H2,1-2H3. The fourth-order valence-electron chi connectivity index (χ4n) is 2.23. The van der Waals surface area contributed by atoms with Gasteiger partial charge in [0.1, 0.15) is 0 Å². The third kappa shape index (κ3) is 5.36. The maximum Gasteiger partial charge on any atom is 0.0792 e. The lowest BCUT2D eigenvalue weighted by molar-refractivity contribution is 0.162. The van der Waals surface area contributed by atoms with Gasteiger partial charge >= 0.3 is 0 Å². The SMILES string of the molecule is CCCCCCCCC(O)c1ccccc1C. The maximum atomic E-state index is 10.1. The molecule has 0 saturated carbocycles. The normalized spacial score (nSPS) is 12.6. The van der Waals surface area contributed by atoms with E-state index < -0.39 is 0 Å². The molecule has 0 radical (unpaired) electrons. The van der Waals surface area contributed by atoms with Crippen LogP contribution in [0.5, 0.6) is 0 Å². The second-order valence-corrected chi connectivity index (χ2v) is 4.93. The van der Waals surface area contributed by atoms with Crippen molar-refractivity contribution in [2.75, 3.05) is 0 Å². The highest BCUT2D eigenvalue weighted by molar-refractivity contribution is 5.27. The molecule has 1 heteroatoms. The fraction of sp³-hybridized carbons (Fsp3) is 0.625. The molecule has 0 spiro atoms. The van der Waals surface area contributed by atoms with Gasteiger partial charge in [-0.1, -0.05) is 69.7 Å². The summed E-state index contributed by atoms with van der Waals surface area (Å²) < 4.78 is 0. The van der Waals surface area contributed by atoms with Crippen LogP contribution in [0.4, 0.5) is 0 Å². The first-order valence-corrected chi connectivity index (χ1v) is 6.99. The number of aliphatic hydroxyl groups is 1. The Morgan fingerprint density at radius 3 is 2.35 bits per heavy atom. The number of aryl methyl sites for hydroxylation is 1. The molecule has 1 N–H and O–H groups in total. The second-order valence-electron chi connectivity index (χ2n) is 4.93. The molecule has 1 atom stereocenters. The Labute approximate surface area is 106 Å². The molecule has 0 aromatic heterocycles. The molecule has 17 heavy (non-hydrogen) atoms. The van der Waals surface area contributed by atoms with Crippen LogP contribution in [0.15, 0.2) is 24.3 Å². The summed E-state index contributed by atoms with van der Waals surface area (Å²) in [6, 6.07) is 8.14. The quantitative estimate of drug-likeness (QED) is 0.642. The van der Waals surface area contributed by atoms with E-state index in [1.54, 1.807) is 0 Å². The lowest BCUT2D eigenvalue weighted by Gasteiger charge is -2.13. The van der Waals surface area contributed by atoms with E-state index in [0.29, 0.717) is 0 Å². The molecule has 0 aliphatic heterocycles. The first-order chi connectivity index (χ1) is 8.25. The number of rotatable bonds is 8. The molecule has 0 saturated heterocycles. The van der Waals surface area contributed by atoms with Gasteiger partial charge < -0.3 is 5.11 Å². The van der Waals surface area contributed by atoms with Crippen LogP contribution in [0.2, 0.25) is 0 Å². The summed E-state index contributed by atoms with van der Waals surface area (Å²) in [5.41, 5.74) is 2.30. The molecule has 1 aromatic carbocycles. The van der Waals surface area contributed by atoms with Crippen LogP contribution in [0.25, 0.3) is 0 Å². The third-order valence-electron chi connectivity index (χ3n) is 3.38. The molecular formula is C16H26O. The monoisotopic (exact) mass is 234 g/mol. The number of benzene rings is 1. The van der Waals surface area contributed by atoms with Crippen LogP contribution in [-0.2, 0) is 0 Å². The van der Waals surface area contributed by atoms with E-state index in [0.717, 1.165) is 18.4 Å². The summed E-state index contributed by atoms with van der Waals surface area (Å²) in [6.07, 6.45) is 8.32. The van der Waals surface area contributed by atoms with Crippen molar-refractivity contribution < 1.29 is 5.11 Å². The van der Waals surface area contributed by atoms with Gasteiger partial charge in [-0.2, -0.15) is 0 Å². The summed E-state index contributed by atoms with van der Waals surface area (Å²) in [5.74, 6) is 0. The van der Waals surface area contributed by atoms with Gasteiger partial charge in [-0.05, 0) is 24.5 Å². The molecule has 1 nitrogen and oxygen atoms in total. The van der Waals surface area contributed by atoms with Gasteiger partial charge in [0.15, 0.2) is 0 Å². The summed E-state index contributed by atoms with van der Waals surface area (Å²) in [5, 5.41) is 10.1. The van der Waals surface area contributed by atoms with E-state index in [1.807, 2.05) is 18.2 Å². The van der Waals surface area contributed by atoms with Crippen molar-refractivity contribution in [1.29, 1.82) is 0 Å². The van der Waals surface area contributed by atoms with Gasteiger partial charge in [0, 0.05) is 0 Å². The highest BCUT2D eigenvalue weighted by Crippen LogP contribution is 2.22. The minimum Gasteiger partial charge on any atom is -0.388 e. The zero-order valence-corrected chi connectivity index (χ0v) is 11.3. The Kier molecular flexibility index (Phi) is 6.95. The predicted molar refractivity (Wildman–Crippen MR) is 74.1 cm³/mol. The van der Waals surface area contributed by atoms with Gasteiger partial charge in [0.25, 0.3) is 0 Å². The maximum absolute atomic E-state index is 10.1. The van der Waals surface area contributed by atoms with Crippen LogP contribution >= 0.6 is 0 Å². The van der Waals surface area contributed by atoms with Crippen molar-refractivity contribution in [2.24, 2.45) is 0 Å². The lowest BCUT2D eigenvalue weighted by Crippen LogP contribution is -1.99. The minimum absolute atomic E-state index is 0.276. The molecule has 0 fully saturated rings. The zero-order chi connectivity index (χ0) is 12.5. The molecule has 1 aromatic rings. The third-order valence-corrected chi connectivity index (χ3v) is 3.38. The lowest BCUT2D eigenvalue weighted by atomic mass is 9.98. The molecular weight excluding hydrogens is 208 g/mol. The van der Waals surface area contributed by atoms with Gasteiger partial charge in [0.2, 0.25) is 0 Å². The highest BCUT2D eigenvalue weighted by Gasteiger charge is 2.08. The Morgan fingerprint density at radius 1 is 1.00 bits per heavy atom. The van der Waals surface area contributed by atoms with Gasteiger partial charge in [-0.3, -0.25) is 0 Å². The second kappa shape index (κ2) is 8.30. The van der Waals surface area contributed by atoms with Gasteiger partial charge in [0.05, 0.1) is 6.10 Å². The molecule has 1 rings (SSSR count). The van der Waals surface area contributed by atoms with E-state index in [1.165, 1.54) is 37.7 Å². The van der Waals surface area contributed by atoms with Crippen molar-refractivity contribution >= 4 is 0 Å². The Balaban J connectivity index is 2.21. The molecule has 1 unspecified atom stereocenters. The fourth-order valence-corrected chi connectivity index (χ4v) is 2.23. The van der Waals surface area contributed by atoms with Crippen molar-refractivity contribution in [1.82, 2.24) is 0 Å². The molecule has 96 valence electrons. The smallest absolute Gasteiger partial charge is 0.0792 e. The number of aliphatic hydroxyl groups excluding tert-OH is 1. The molecule has 0 bridgehead atoms. The largest absolute Gasteiger partial charge is 0.388 e. The first-order valence-electron chi connectivity index (χ1n) is 6.99. The Bertz CT molecular complexity index is 306. The highest BCUT2D eigenvalue weighted by atomic mass is 16.3. The van der Waals surface area contributed by atoms with E-state index in [4.69, 9.17) is 0 Å². The van der Waals surface area contributed by atoms with Crippen LogP contribution in [-0.4, -0.2) is 5.11 Å². The van der Waals surface area contributed by atoms with Gasteiger partial charge in [-0.15, -0.1) is 0 Å². The Hall–Kier alpha value is -0.820. The summed E-state index contributed by atoms with van der Waals surface area (Å²) in [6.45, 7) is 4.31. The van der Waals surface area contributed by atoms with Crippen LogP contribution in [0.1, 0.15) is 69.1 Å². The van der Waals surface area contributed by atoms with Crippen molar-refractivity contribution in [2.45, 2.75) is 64.9 Å². The number of hydrogen-bond acceptors (Lipinski definition) is 1. The average molecular weight is 234 g/mol. The molecule has 0 heterocycles. The van der Waals surface area contributed by atoms with Crippen molar-refractivity contribution in [3.05, 3.63) is 35.4 Å². The number of hydrogen-bond donors (Lipinski definition) is 1. The summed E-state index contributed by atoms with van der Waals surface area (Å²) >= 11 is 0. The zero-order valence-electron chi connectivity index (χ0n) is 11.3. The predicted octanol–water partition coefficient (Wildman–Crippen LogP) is 4.78. The van der Waals surface area contributed by atoms with E-state index in [2.05, 4.69) is 19.9 Å². The topological polar surface area (TPSA) is 20.2 Å². The van der Waals surface area contributed by atoms with E-state index >= 15 is 0 Å². The van der Waals surface area contributed by atoms with Crippen molar-refractivity contribution in [3.8, 4) is 0 Å².